The molecular formula is C14H18FN3O2S. The maximum absolute atomic E-state index is 13.1. The van der Waals surface area contributed by atoms with E-state index in [2.05, 4.69) is 10.6 Å². The van der Waals surface area contributed by atoms with Crippen molar-refractivity contribution >= 4 is 29.4 Å². The topological polar surface area (TPSA) is 84.2 Å². The molecule has 1 aromatic carbocycles. The summed E-state index contributed by atoms with van der Waals surface area (Å²) < 4.78 is 13.1. The zero-order valence-corrected chi connectivity index (χ0v) is 12.3. The van der Waals surface area contributed by atoms with E-state index in [9.17, 15) is 14.0 Å². The summed E-state index contributed by atoms with van der Waals surface area (Å²) >= 11 is 1.10. The minimum Gasteiger partial charge on any atom is -0.398 e. The molecule has 1 aliphatic carbocycles. The number of anilines is 1. The fourth-order valence-electron chi connectivity index (χ4n) is 2.23. The second kappa shape index (κ2) is 7.31. The Morgan fingerprint density at radius 3 is 2.76 bits per heavy atom. The molecule has 1 saturated carbocycles. The summed E-state index contributed by atoms with van der Waals surface area (Å²) in [7, 11) is 0. The number of hydrogen-bond donors (Lipinski definition) is 3. The van der Waals surface area contributed by atoms with E-state index < -0.39 is 17.8 Å². The van der Waals surface area contributed by atoms with Crippen LogP contribution in [-0.4, -0.2) is 23.7 Å². The Labute approximate surface area is 126 Å². The first kappa shape index (κ1) is 15.6. The van der Waals surface area contributed by atoms with Gasteiger partial charge in [0.25, 0.3) is 0 Å². The van der Waals surface area contributed by atoms with E-state index in [-0.39, 0.29) is 11.8 Å². The lowest BCUT2D eigenvalue weighted by Gasteiger charge is -2.12. The number of rotatable bonds is 4. The highest BCUT2D eigenvalue weighted by Crippen LogP contribution is 2.25. The quantitative estimate of drug-likeness (QED) is 0.588. The largest absolute Gasteiger partial charge is 0.398 e. The van der Waals surface area contributed by atoms with E-state index >= 15 is 0 Å². The molecule has 1 aromatic rings. The van der Waals surface area contributed by atoms with Crippen LogP contribution in [0.5, 0.6) is 0 Å². The number of imide groups is 1. The number of thioether (sulfide) groups is 1. The van der Waals surface area contributed by atoms with E-state index in [1.807, 2.05) is 0 Å². The monoisotopic (exact) mass is 311 g/mol. The number of carbonyl (C=O) groups is 2. The van der Waals surface area contributed by atoms with Crippen molar-refractivity contribution in [2.45, 2.75) is 36.6 Å². The van der Waals surface area contributed by atoms with Gasteiger partial charge in [-0.3, -0.25) is 10.1 Å². The molecule has 0 spiro atoms. The molecule has 3 amide bonds. The van der Waals surface area contributed by atoms with Crippen molar-refractivity contribution in [3.05, 3.63) is 24.0 Å². The van der Waals surface area contributed by atoms with Crippen LogP contribution < -0.4 is 16.4 Å². The van der Waals surface area contributed by atoms with Crippen LogP contribution >= 0.6 is 11.8 Å². The summed E-state index contributed by atoms with van der Waals surface area (Å²) in [5, 5.41) is 5.03. The standard InChI is InChI=1S/C14H18FN3O2S/c15-9-5-6-11(16)12(7-9)21-8-13(19)18-14(20)17-10-3-1-2-4-10/h5-7,10H,1-4,8,16H2,(H2,17,18,19,20). The summed E-state index contributed by atoms with van der Waals surface area (Å²) in [6.07, 6.45) is 4.12. The molecule has 2 rings (SSSR count). The second-order valence-corrected chi connectivity index (χ2v) is 5.99. The van der Waals surface area contributed by atoms with Crippen LogP contribution in [0, 0.1) is 5.82 Å². The zero-order valence-electron chi connectivity index (χ0n) is 11.5. The van der Waals surface area contributed by atoms with Gasteiger partial charge in [-0.1, -0.05) is 12.8 Å². The number of carbonyl (C=O) groups excluding carboxylic acids is 2. The van der Waals surface area contributed by atoms with Gasteiger partial charge in [0.05, 0.1) is 5.75 Å². The zero-order chi connectivity index (χ0) is 15.2. The van der Waals surface area contributed by atoms with Crippen molar-refractivity contribution in [3.8, 4) is 0 Å². The third-order valence-corrected chi connectivity index (χ3v) is 4.35. The fourth-order valence-corrected chi connectivity index (χ4v) is 3.02. The van der Waals surface area contributed by atoms with Crippen LogP contribution in [0.25, 0.3) is 0 Å². The van der Waals surface area contributed by atoms with Crippen LogP contribution in [0.3, 0.4) is 0 Å². The summed E-state index contributed by atoms with van der Waals surface area (Å²) in [4.78, 5) is 23.8. The van der Waals surface area contributed by atoms with Crippen LogP contribution in [0.4, 0.5) is 14.9 Å². The highest BCUT2D eigenvalue weighted by atomic mass is 32.2. The minimum absolute atomic E-state index is 0.00569. The van der Waals surface area contributed by atoms with E-state index in [4.69, 9.17) is 5.73 Å². The maximum atomic E-state index is 13.1. The molecule has 0 saturated heterocycles. The normalized spacial score (nSPS) is 14.9. The number of nitrogens with one attached hydrogen (secondary N) is 2. The van der Waals surface area contributed by atoms with Gasteiger partial charge < -0.3 is 11.1 Å². The van der Waals surface area contributed by atoms with Crippen molar-refractivity contribution in [2.24, 2.45) is 0 Å². The number of halogens is 1. The van der Waals surface area contributed by atoms with E-state index in [0.717, 1.165) is 37.4 Å². The van der Waals surface area contributed by atoms with Crippen molar-refractivity contribution in [1.82, 2.24) is 10.6 Å². The van der Waals surface area contributed by atoms with Gasteiger partial charge >= 0.3 is 6.03 Å². The highest BCUT2D eigenvalue weighted by Gasteiger charge is 2.18. The third kappa shape index (κ3) is 4.93. The molecule has 0 heterocycles. The lowest BCUT2D eigenvalue weighted by atomic mass is 10.2. The minimum atomic E-state index is -0.472. The Hall–Kier alpha value is -1.76. The van der Waals surface area contributed by atoms with Gasteiger partial charge in [-0.25, -0.2) is 9.18 Å². The Bertz CT molecular complexity index is 533. The number of hydrogen-bond acceptors (Lipinski definition) is 4. The average molecular weight is 311 g/mol. The molecule has 0 aliphatic heterocycles. The van der Waals surface area contributed by atoms with Crippen LogP contribution in [0.1, 0.15) is 25.7 Å². The van der Waals surface area contributed by atoms with Crippen molar-refractivity contribution in [2.75, 3.05) is 11.5 Å². The number of benzene rings is 1. The first-order valence-corrected chi connectivity index (χ1v) is 7.81. The van der Waals surface area contributed by atoms with Crippen molar-refractivity contribution < 1.29 is 14.0 Å². The molecule has 4 N–H and O–H groups in total. The van der Waals surface area contributed by atoms with Gasteiger partial charge in [0.1, 0.15) is 5.82 Å². The van der Waals surface area contributed by atoms with Gasteiger partial charge in [-0.05, 0) is 31.0 Å². The molecule has 0 bridgehead atoms. The number of nitrogens with two attached hydrogens (primary N) is 1. The number of urea groups is 1. The van der Waals surface area contributed by atoms with Crippen molar-refractivity contribution in [3.63, 3.8) is 0 Å². The molecule has 114 valence electrons. The molecule has 1 fully saturated rings. The van der Waals surface area contributed by atoms with Crippen LogP contribution in [0.15, 0.2) is 23.1 Å². The Morgan fingerprint density at radius 1 is 1.33 bits per heavy atom. The van der Waals surface area contributed by atoms with Gasteiger partial charge in [-0.15, -0.1) is 11.8 Å². The van der Waals surface area contributed by atoms with Gasteiger partial charge in [0, 0.05) is 16.6 Å². The summed E-state index contributed by atoms with van der Waals surface area (Å²) in [6.45, 7) is 0. The molecular weight excluding hydrogens is 293 g/mol. The smallest absolute Gasteiger partial charge is 0.321 e. The molecule has 1 aliphatic rings. The summed E-state index contributed by atoms with van der Waals surface area (Å²) in [5.74, 6) is -0.837. The Morgan fingerprint density at radius 2 is 2.05 bits per heavy atom. The lowest BCUT2D eigenvalue weighted by molar-refractivity contribution is -0.117. The molecule has 5 nitrogen and oxygen atoms in total. The van der Waals surface area contributed by atoms with Gasteiger partial charge in [0.15, 0.2) is 0 Å². The van der Waals surface area contributed by atoms with E-state index in [0.29, 0.717) is 10.6 Å². The molecule has 0 atom stereocenters. The number of nitrogen functional groups attached to an aromatic ring is 1. The predicted molar refractivity (Wildman–Crippen MR) is 80.5 cm³/mol. The first-order chi connectivity index (χ1) is 10.0. The molecule has 7 heteroatoms. The summed E-state index contributed by atoms with van der Waals surface area (Å²) in [5.41, 5.74) is 6.09. The molecule has 21 heavy (non-hydrogen) atoms. The molecule has 0 radical (unpaired) electrons. The van der Waals surface area contributed by atoms with E-state index in [1.165, 1.54) is 18.2 Å². The first-order valence-electron chi connectivity index (χ1n) is 6.83. The maximum Gasteiger partial charge on any atom is 0.321 e. The third-order valence-electron chi connectivity index (χ3n) is 3.28. The van der Waals surface area contributed by atoms with Gasteiger partial charge in [0.2, 0.25) is 5.91 Å². The number of amides is 3. The lowest BCUT2D eigenvalue weighted by Crippen LogP contribution is -2.44. The second-order valence-electron chi connectivity index (χ2n) is 4.97. The van der Waals surface area contributed by atoms with Crippen LogP contribution in [0.2, 0.25) is 0 Å². The molecule has 0 unspecified atom stereocenters. The molecule has 0 aromatic heterocycles. The SMILES string of the molecule is Nc1ccc(F)cc1SCC(=O)NC(=O)NC1CCCC1. The predicted octanol–water partition coefficient (Wildman–Crippen LogP) is 2.27. The Kier molecular flexibility index (Phi) is 5.44. The van der Waals surface area contributed by atoms with Crippen molar-refractivity contribution in [1.29, 1.82) is 0 Å². The van der Waals surface area contributed by atoms with E-state index in [1.54, 1.807) is 0 Å². The highest BCUT2D eigenvalue weighted by molar-refractivity contribution is 8.00. The van der Waals surface area contributed by atoms with Gasteiger partial charge in [-0.2, -0.15) is 0 Å². The fraction of sp³-hybridized carbons (Fsp3) is 0.429. The summed E-state index contributed by atoms with van der Waals surface area (Å²) in [6, 6.07) is 3.66. The average Bonchev–Trinajstić information content (AvgIpc) is 2.92. The van der Waals surface area contributed by atoms with Crippen LogP contribution in [-0.2, 0) is 4.79 Å². The Balaban J connectivity index is 1.76.